The van der Waals surface area contributed by atoms with Crippen LogP contribution in [0.2, 0.25) is 0 Å². The summed E-state index contributed by atoms with van der Waals surface area (Å²) < 4.78 is 10.3. The fourth-order valence-electron chi connectivity index (χ4n) is 1.77. The molecule has 1 aromatic rings. The van der Waals surface area contributed by atoms with E-state index in [2.05, 4.69) is 5.32 Å². The van der Waals surface area contributed by atoms with Crippen LogP contribution in [0.1, 0.15) is 25.3 Å². The average molecular weight is 262 g/mol. The normalized spacial score (nSPS) is 15.4. The highest BCUT2D eigenvalue weighted by Gasteiger charge is 2.50. The first kappa shape index (κ1) is 13.4. The number of hydrogen-bond donors (Lipinski definition) is 2. The molecule has 1 saturated carbocycles. The summed E-state index contributed by atoms with van der Waals surface area (Å²) in [6.45, 7) is 2.48. The van der Waals surface area contributed by atoms with Gasteiger partial charge in [0.2, 0.25) is 5.90 Å². The lowest BCUT2D eigenvalue weighted by Crippen LogP contribution is -2.44. The molecule has 0 aliphatic heterocycles. The van der Waals surface area contributed by atoms with Gasteiger partial charge in [-0.15, -0.1) is 0 Å². The van der Waals surface area contributed by atoms with Gasteiger partial charge in [-0.2, -0.15) is 0 Å². The van der Waals surface area contributed by atoms with Crippen LogP contribution in [0.15, 0.2) is 30.3 Å². The predicted molar refractivity (Wildman–Crippen MR) is 71.1 cm³/mol. The second-order valence-corrected chi connectivity index (χ2v) is 4.53. The summed E-state index contributed by atoms with van der Waals surface area (Å²) in [6, 6.07) is 9.48. The van der Waals surface area contributed by atoms with Gasteiger partial charge in [-0.1, -0.05) is 30.3 Å². The minimum atomic E-state index is -0.635. The van der Waals surface area contributed by atoms with Gasteiger partial charge in [0, 0.05) is 0 Å². The van der Waals surface area contributed by atoms with Crippen molar-refractivity contribution in [3.05, 3.63) is 35.9 Å². The van der Waals surface area contributed by atoms with Crippen LogP contribution in [0.4, 0.5) is 4.79 Å². The lowest BCUT2D eigenvalue weighted by molar-refractivity contribution is 0.135. The fourth-order valence-corrected chi connectivity index (χ4v) is 1.77. The van der Waals surface area contributed by atoms with E-state index in [1.807, 2.05) is 37.3 Å². The average Bonchev–Trinajstić information content (AvgIpc) is 3.19. The summed E-state index contributed by atoms with van der Waals surface area (Å²) >= 11 is 0. The predicted octanol–water partition coefficient (Wildman–Crippen LogP) is 2.46. The summed E-state index contributed by atoms with van der Waals surface area (Å²) in [7, 11) is 0. The molecule has 1 amide bonds. The van der Waals surface area contributed by atoms with Gasteiger partial charge in [-0.25, -0.2) is 4.79 Å². The summed E-state index contributed by atoms with van der Waals surface area (Å²) in [5.41, 5.74) is 0.298. The van der Waals surface area contributed by atoms with Crippen LogP contribution in [-0.4, -0.2) is 24.1 Å². The number of rotatable bonds is 5. The maximum Gasteiger partial charge on any atom is 0.408 e. The highest BCUT2D eigenvalue weighted by molar-refractivity contribution is 5.90. The van der Waals surface area contributed by atoms with E-state index in [-0.39, 0.29) is 12.5 Å². The Morgan fingerprint density at radius 3 is 2.58 bits per heavy atom. The molecule has 1 aromatic carbocycles. The van der Waals surface area contributed by atoms with Gasteiger partial charge >= 0.3 is 6.09 Å². The monoisotopic (exact) mass is 262 g/mol. The van der Waals surface area contributed by atoms with Crippen molar-refractivity contribution >= 4 is 12.0 Å². The minimum absolute atomic E-state index is 0.117. The molecule has 2 rings (SSSR count). The van der Waals surface area contributed by atoms with E-state index in [4.69, 9.17) is 14.9 Å². The summed E-state index contributed by atoms with van der Waals surface area (Å²) in [5.74, 6) is 0.117. The highest BCUT2D eigenvalue weighted by Crippen LogP contribution is 2.36. The van der Waals surface area contributed by atoms with Crippen molar-refractivity contribution in [3.63, 3.8) is 0 Å². The van der Waals surface area contributed by atoms with Gasteiger partial charge in [-0.05, 0) is 25.3 Å². The van der Waals surface area contributed by atoms with Gasteiger partial charge < -0.3 is 14.8 Å². The fraction of sp³-hybridized carbons (Fsp3) is 0.429. The van der Waals surface area contributed by atoms with Crippen LogP contribution >= 0.6 is 0 Å². The minimum Gasteiger partial charge on any atom is -0.480 e. The molecule has 0 heterocycles. The molecule has 1 aliphatic rings. The molecule has 0 spiro atoms. The third-order valence-corrected chi connectivity index (χ3v) is 3.03. The van der Waals surface area contributed by atoms with Gasteiger partial charge in [0.15, 0.2) is 0 Å². The van der Waals surface area contributed by atoms with Crippen LogP contribution < -0.4 is 5.32 Å². The van der Waals surface area contributed by atoms with E-state index < -0.39 is 11.6 Å². The molecule has 102 valence electrons. The molecule has 5 heteroatoms. The number of amides is 1. The van der Waals surface area contributed by atoms with E-state index in [0.717, 1.165) is 18.4 Å². The Morgan fingerprint density at radius 2 is 2.00 bits per heavy atom. The number of alkyl carbamates (subject to hydrolysis) is 1. The summed E-state index contributed by atoms with van der Waals surface area (Å²) in [5, 5.41) is 10.5. The molecule has 0 atom stereocenters. The number of ether oxygens (including phenoxy) is 2. The van der Waals surface area contributed by atoms with E-state index >= 15 is 0 Å². The van der Waals surface area contributed by atoms with Crippen LogP contribution in [0.25, 0.3) is 0 Å². The topological polar surface area (TPSA) is 71.4 Å². The molecule has 0 aromatic heterocycles. The van der Waals surface area contributed by atoms with E-state index in [1.165, 1.54) is 0 Å². The first-order chi connectivity index (χ1) is 9.16. The molecule has 19 heavy (non-hydrogen) atoms. The third-order valence-electron chi connectivity index (χ3n) is 3.03. The molecule has 0 saturated heterocycles. The lowest BCUT2D eigenvalue weighted by Gasteiger charge is -2.18. The molecule has 2 N–H and O–H groups in total. The SMILES string of the molecule is CCOC(=N)C1(NC(=O)OCc2ccccc2)CC1. The highest BCUT2D eigenvalue weighted by atomic mass is 16.5. The first-order valence-corrected chi connectivity index (χ1v) is 6.37. The van der Waals surface area contributed by atoms with Gasteiger partial charge in [0.25, 0.3) is 0 Å². The third kappa shape index (κ3) is 3.47. The largest absolute Gasteiger partial charge is 0.480 e. The Hall–Kier alpha value is -2.04. The molecule has 1 fully saturated rings. The standard InChI is InChI=1S/C14H18N2O3/c1-2-18-12(15)14(8-9-14)16-13(17)19-10-11-6-4-3-5-7-11/h3-7,15H,2,8-10H2,1H3,(H,16,17). The Kier molecular flexibility index (Phi) is 4.04. The van der Waals surface area contributed by atoms with Gasteiger partial charge in [0.1, 0.15) is 12.1 Å². The molecular formula is C14H18N2O3. The second kappa shape index (κ2) is 5.73. The quantitative estimate of drug-likeness (QED) is 0.632. The smallest absolute Gasteiger partial charge is 0.408 e. The molecule has 0 unspecified atom stereocenters. The van der Waals surface area contributed by atoms with Crippen molar-refractivity contribution in [2.24, 2.45) is 0 Å². The van der Waals surface area contributed by atoms with Crippen LogP contribution in [0, 0.1) is 5.41 Å². The van der Waals surface area contributed by atoms with Gasteiger partial charge in [0.05, 0.1) is 6.61 Å². The van der Waals surface area contributed by atoms with Crippen molar-refractivity contribution in [2.75, 3.05) is 6.61 Å². The van der Waals surface area contributed by atoms with Crippen LogP contribution in [0.3, 0.4) is 0 Å². The molecular weight excluding hydrogens is 244 g/mol. The Labute approximate surface area is 112 Å². The van der Waals surface area contributed by atoms with E-state index in [0.29, 0.717) is 6.61 Å². The van der Waals surface area contributed by atoms with Crippen molar-refractivity contribution in [1.29, 1.82) is 5.41 Å². The second-order valence-electron chi connectivity index (χ2n) is 4.53. The van der Waals surface area contributed by atoms with Crippen molar-refractivity contribution < 1.29 is 14.3 Å². The van der Waals surface area contributed by atoms with Crippen LogP contribution in [0.5, 0.6) is 0 Å². The Balaban J connectivity index is 1.80. The van der Waals surface area contributed by atoms with Crippen molar-refractivity contribution in [1.82, 2.24) is 5.32 Å². The molecule has 1 aliphatic carbocycles. The van der Waals surface area contributed by atoms with E-state index in [1.54, 1.807) is 0 Å². The van der Waals surface area contributed by atoms with Gasteiger partial charge in [-0.3, -0.25) is 5.41 Å². The summed E-state index contributed by atoms with van der Waals surface area (Å²) in [4.78, 5) is 11.7. The molecule has 0 radical (unpaired) electrons. The maximum absolute atomic E-state index is 11.7. The first-order valence-electron chi connectivity index (χ1n) is 6.37. The van der Waals surface area contributed by atoms with E-state index in [9.17, 15) is 4.79 Å². The zero-order chi connectivity index (χ0) is 13.7. The van der Waals surface area contributed by atoms with Crippen molar-refractivity contribution in [3.8, 4) is 0 Å². The Bertz CT molecular complexity index is 455. The number of nitrogens with one attached hydrogen (secondary N) is 2. The zero-order valence-corrected chi connectivity index (χ0v) is 10.9. The Morgan fingerprint density at radius 1 is 1.32 bits per heavy atom. The number of hydrogen-bond acceptors (Lipinski definition) is 4. The zero-order valence-electron chi connectivity index (χ0n) is 10.9. The maximum atomic E-state index is 11.7. The summed E-state index contributed by atoms with van der Waals surface area (Å²) in [6.07, 6.45) is 0.948. The molecule has 5 nitrogen and oxygen atoms in total. The number of carbonyl (C=O) groups is 1. The van der Waals surface area contributed by atoms with Crippen molar-refractivity contribution in [2.45, 2.75) is 31.9 Å². The number of benzene rings is 1. The van der Waals surface area contributed by atoms with Crippen LogP contribution in [-0.2, 0) is 16.1 Å². The molecule has 0 bridgehead atoms. The number of carbonyl (C=O) groups excluding carboxylic acids is 1. The lowest BCUT2D eigenvalue weighted by atomic mass is 10.2.